The van der Waals surface area contributed by atoms with Crippen LogP contribution in [0.15, 0.2) is 85.1 Å². The van der Waals surface area contributed by atoms with Crippen molar-refractivity contribution in [2.45, 2.75) is 65.2 Å². The molecule has 4 aromatic carbocycles. The van der Waals surface area contributed by atoms with Gasteiger partial charge in [0, 0.05) is 33.3 Å². The molecule has 8 rings (SSSR count). The van der Waals surface area contributed by atoms with E-state index in [1.807, 2.05) is 6.20 Å². The third-order valence-corrected chi connectivity index (χ3v) is 9.27. The number of fused-ring (bicyclic) bond motifs is 7. The summed E-state index contributed by atoms with van der Waals surface area (Å²) in [6.45, 7) is 7.01. The van der Waals surface area contributed by atoms with Crippen LogP contribution in [0.1, 0.15) is 69.9 Å². The van der Waals surface area contributed by atoms with Crippen molar-refractivity contribution in [1.29, 1.82) is 0 Å². The summed E-state index contributed by atoms with van der Waals surface area (Å²) in [7, 11) is 0. The average molecular weight is 521 g/mol. The smallest absolute Gasteiger partial charge is 0.0949 e. The van der Waals surface area contributed by atoms with Gasteiger partial charge in [-0.25, -0.2) is 0 Å². The molecule has 0 atom stereocenters. The van der Waals surface area contributed by atoms with Crippen LogP contribution in [0.4, 0.5) is 0 Å². The van der Waals surface area contributed by atoms with E-state index in [4.69, 9.17) is 4.98 Å². The number of aromatic nitrogens is 2. The molecule has 0 spiro atoms. The topological polar surface area (TPSA) is 17.3 Å². The quantitative estimate of drug-likeness (QED) is 0.226. The van der Waals surface area contributed by atoms with Crippen LogP contribution in [-0.2, 0) is 6.42 Å². The van der Waals surface area contributed by atoms with Crippen molar-refractivity contribution >= 4 is 48.9 Å². The van der Waals surface area contributed by atoms with Gasteiger partial charge in [0.1, 0.15) is 0 Å². The van der Waals surface area contributed by atoms with Crippen LogP contribution in [0, 0.1) is 5.41 Å². The molecular formula is C38H36N2. The monoisotopic (exact) mass is 520 g/mol. The lowest BCUT2D eigenvalue weighted by Crippen LogP contribution is -2.09. The molecule has 3 heterocycles. The normalized spacial score (nSPS) is 15.4. The second kappa shape index (κ2) is 8.80. The highest BCUT2D eigenvalue weighted by molar-refractivity contribution is 6.25. The fraction of sp³-hybridized carbons (Fsp3) is 0.289. The summed E-state index contributed by atoms with van der Waals surface area (Å²) in [5.74, 6) is 0.631. The van der Waals surface area contributed by atoms with Crippen molar-refractivity contribution < 1.29 is 0 Å². The van der Waals surface area contributed by atoms with Crippen LogP contribution in [0.25, 0.3) is 60.1 Å². The molecule has 2 nitrogen and oxygen atoms in total. The molecule has 0 saturated heterocycles. The van der Waals surface area contributed by atoms with Crippen molar-refractivity contribution in [3.05, 3.63) is 96.2 Å². The largest absolute Gasteiger partial charge is 0.306 e. The van der Waals surface area contributed by atoms with Gasteiger partial charge in [-0.3, -0.25) is 4.98 Å². The van der Waals surface area contributed by atoms with Crippen LogP contribution in [0.2, 0.25) is 0 Å². The SMILES string of the molecule is CC(C)(C)Cc1cccc2c1c1cccc3c4ccnc(-c5cc(C6CCCCC6)c6ccccc6c5)c4n2c31. The average Bonchev–Trinajstić information content (AvgIpc) is 3.49. The lowest BCUT2D eigenvalue weighted by atomic mass is 9.81. The molecular weight excluding hydrogens is 484 g/mol. The predicted molar refractivity (Wildman–Crippen MR) is 171 cm³/mol. The van der Waals surface area contributed by atoms with Crippen LogP contribution < -0.4 is 0 Å². The summed E-state index contributed by atoms with van der Waals surface area (Å²) in [5.41, 5.74) is 9.36. The van der Waals surface area contributed by atoms with Crippen LogP contribution in [-0.4, -0.2) is 9.38 Å². The lowest BCUT2D eigenvalue weighted by Gasteiger charge is -2.24. The Hall–Kier alpha value is -3.91. The van der Waals surface area contributed by atoms with E-state index in [0.29, 0.717) is 5.92 Å². The molecule has 0 amide bonds. The summed E-state index contributed by atoms with van der Waals surface area (Å²) >= 11 is 0. The van der Waals surface area contributed by atoms with E-state index in [9.17, 15) is 0 Å². The zero-order valence-electron chi connectivity index (χ0n) is 23.8. The Morgan fingerprint density at radius 1 is 0.750 bits per heavy atom. The van der Waals surface area contributed by atoms with Gasteiger partial charge in [0.2, 0.25) is 0 Å². The van der Waals surface area contributed by atoms with Crippen LogP contribution in [0.3, 0.4) is 0 Å². The van der Waals surface area contributed by atoms with Crippen molar-refractivity contribution in [3.63, 3.8) is 0 Å². The van der Waals surface area contributed by atoms with Crippen LogP contribution >= 0.6 is 0 Å². The fourth-order valence-electron chi connectivity index (χ4n) is 7.70. The molecule has 0 radical (unpaired) electrons. The zero-order chi connectivity index (χ0) is 27.0. The van der Waals surface area contributed by atoms with E-state index in [0.717, 1.165) is 12.1 Å². The minimum atomic E-state index is 0.218. The molecule has 0 unspecified atom stereocenters. The van der Waals surface area contributed by atoms with E-state index in [1.54, 1.807) is 0 Å². The first-order chi connectivity index (χ1) is 19.5. The summed E-state index contributed by atoms with van der Waals surface area (Å²) in [6, 6.07) is 29.8. The Bertz CT molecular complexity index is 2050. The predicted octanol–water partition coefficient (Wildman–Crippen LogP) is 10.7. The molecule has 198 valence electrons. The Morgan fingerprint density at radius 2 is 1.50 bits per heavy atom. The first kappa shape index (κ1) is 23.9. The van der Waals surface area contributed by atoms with Gasteiger partial charge in [-0.2, -0.15) is 0 Å². The third kappa shape index (κ3) is 3.58. The zero-order valence-corrected chi connectivity index (χ0v) is 23.8. The maximum Gasteiger partial charge on any atom is 0.0949 e. The molecule has 3 aromatic heterocycles. The van der Waals surface area contributed by atoms with Gasteiger partial charge in [0.05, 0.1) is 22.2 Å². The number of hydrogen-bond donors (Lipinski definition) is 0. The van der Waals surface area contributed by atoms with Crippen molar-refractivity contribution in [2.24, 2.45) is 5.41 Å². The highest BCUT2D eigenvalue weighted by Gasteiger charge is 2.24. The standard InChI is InChI=1S/C38H36N2/c1-38(2,3)23-26-14-9-18-33-34(26)31-17-10-16-29-30-19-20-39-35(37(30)40(33)36(29)31)27-21-25-13-7-8-15-28(25)32(22-27)24-11-5-4-6-12-24/h7-10,13-22,24H,4-6,11-12,23H2,1-3H3. The molecule has 2 heteroatoms. The minimum absolute atomic E-state index is 0.218. The Balaban J connectivity index is 1.47. The second-order valence-corrected chi connectivity index (χ2v) is 13.3. The van der Waals surface area contributed by atoms with E-state index in [2.05, 4.69) is 104 Å². The summed E-state index contributed by atoms with van der Waals surface area (Å²) in [5, 5.41) is 8.11. The van der Waals surface area contributed by atoms with E-state index in [1.165, 1.54) is 97.7 Å². The maximum absolute atomic E-state index is 5.13. The summed E-state index contributed by atoms with van der Waals surface area (Å²) in [6.07, 6.45) is 9.69. The third-order valence-electron chi connectivity index (χ3n) is 9.27. The van der Waals surface area contributed by atoms with Gasteiger partial charge < -0.3 is 4.40 Å². The number of nitrogens with zero attached hydrogens (tertiary/aromatic N) is 2. The molecule has 40 heavy (non-hydrogen) atoms. The van der Waals surface area contributed by atoms with Crippen molar-refractivity contribution in [1.82, 2.24) is 9.38 Å². The van der Waals surface area contributed by atoms with E-state index in [-0.39, 0.29) is 5.41 Å². The molecule has 7 aromatic rings. The number of rotatable bonds is 3. The first-order valence-corrected chi connectivity index (χ1v) is 15.1. The highest BCUT2D eigenvalue weighted by Crippen LogP contribution is 2.45. The van der Waals surface area contributed by atoms with Gasteiger partial charge in [-0.1, -0.05) is 94.6 Å². The van der Waals surface area contributed by atoms with Gasteiger partial charge in [0.15, 0.2) is 0 Å². The Morgan fingerprint density at radius 3 is 2.35 bits per heavy atom. The van der Waals surface area contributed by atoms with Gasteiger partial charge in [0.25, 0.3) is 0 Å². The Labute approximate surface area is 236 Å². The van der Waals surface area contributed by atoms with Crippen LogP contribution in [0.5, 0.6) is 0 Å². The number of pyridine rings is 1. The molecule has 0 aliphatic heterocycles. The van der Waals surface area contributed by atoms with E-state index >= 15 is 0 Å². The molecule has 0 bridgehead atoms. The van der Waals surface area contributed by atoms with Crippen molar-refractivity contribution in [3.8, 4) is 11.3 Å². The van der Waals surface area contributed by atoms with Gasteiger partial charge in [-0.15, -0.1) is 0 Å². The fourth-order valence-corrected chi connectivity index (χ4v) is 7.70. The molecule has 1 aliphatic carbocycles. The molecule has 1 saturated carbocycles. The number of benzene rings is 4. The van der Waals surface area contributed by atoms with E-state index < -0.39 is 0 Å². The highest BCUT2D eigenvalue weighted by atomic mass is 14.9. The molecule has 1 aliphatic rings. The first-order valence-electron chi connectivity index (χ1n) is 15.1. The van der Waals surface area contributed by atoms with Gasteiger partial charge >= 0.3 is 0 Å². The molecule has 0 N–H and O–H groups in total. The summed E-state index contributed by atoms with van der Waals surface area (Å²) < 4.78 is 2.53. The summed E-state index contributed by atoms with van der Waals surface area (Å²) in [4.78, 5) is 5.13. The van der Waals surface area contributed by atoms with Gasteiger partial charge in [-0.05, 0) is 76.8 Å². The number of hydrogen-bond acceptors (Lipinski definition) is 1. The minimum Gasteiger partial charge on any atom is -0.306 e. The van der Waals surface area contributed by atoms with Crippen molar-refractivity contribution in [2.75, 3.05) is 0 Å². The maximum atomic E-state index is 5.13. The number of para-hydroxylation sites is 1. The second-order valence-electron chi connectivity index (χ2n) is 13.3. The lowest BCUT2D eigenvalue weighted by molar-refractivity contribution is 0.413. The molecule has 1 fully saturated rings. The Kier molecular flexibility index (Phi) is 5.26.